The fourth-order valence-electron chi connectivity index (χ4n) is 2.86. The molecular formula is C12H15N5O7. The molecule has 1 unspecified atom stereocenters. The number of hydrogen-bond donors (Lipinski definition) is 5. The molecular weight excluding hydrogens is 326 g/mol. The number of ether oxygens (including phenoxy) is 1. The number of hydrogen-bond acceptors (Lipinski definition) is 10. The van der Waals surface area contributed by atoms with Gasteiger partial charge in [-0.25, -0.2) is 9.97 Å². The van der Waals surface area contributed by atoms with Gasteiger partial charge in [0.25, 0.3) is 5.69 Å². The Bertz CT molecular complexity index is 791. The van der Waals surface area contributed by atoms with Crippen molar-refractivity contribution in [3.05, 3.63) is 22.6 Å². The highest BCUT2D eigenvalue weighted by Gasteiger charge is 2.53. The van der Waals surface area contributed by atoms with Crippen LogP contribution in [-0.4, -0.2) is 64.4 Å². The fourth-order valence-corrected chi connectivity index (χ4v) is 2.86. The first-order valence-corrected chi connectivity index (χ1v) is 6.89. The number of aliphatic hydroxyl groups excluding tert-OH is 2. The van der Waals surface area contributed by atoms with E-state index in [2.05, 4.69) is 9.97 Å². The summed E-state index contributed by atoms with van der Waals surface area (Å²) < 4.78 is 6.61. The van der Waals surface area contributed by atoms with Crippen LogP contribution in [0.25, 0.3) is 11.0 Å². The first kappa shape index (κ1) is 16.5. The van der Waals surface area contributed by atoms with Crippen molar-refractivity contribution in [2.24, 2.45) is 0 Å². The van der Waals surface area contributed by atoms with E-state index in [4.69, 9.17) is 9.94 Å². The van der Waals surface area contributed by atoms with Crippen molar-refractivity contribution in [1.29, 1.82) is 0 Å². The van der Waals surface area contributed by atoms with Crippen molar-refractivity contribution in [2.75, 3.05) is 12.1 Å². The zero-order valence-electron chi connectivity index (χ0n) is 12.4. The lowest BCUT2D eigenvalue weighted by atomic mass is 9.96. The molecule has 0 aliphatic carbocycles. The highest BCUT2D eigenvalue weighted by molar-refractivity contribution is 5.95. The molecule has 0 radical (unpaired) electrons. The Morgan fingerprint density at radius 1 is 1.54 bits per heavy atom. The van der Waals surface area contributed by atoms with Gasteiger partial charge in [0.15, 0.2) is 17.7 Å². The van der Waals surface area contributed by atoms with Crippen LogP contribution in [0, 0.1) is 10.1 Å². The van der Waals surface area contributed by atoms with Gasteiger partial charge in [0.2, 0.25) is 0 Å². The zero-order chi connectivity index (χ0) is 17.6. The van der Waals surface area contributed by atoms with Crippen LogP contribution in [0.2, 0.25) is 0 Å². The number of rotatable bonds is 4. The maximum absolute atomic E-state index is 11.3. The first-order valence-electron chi connectivity index (χ1n) is 6.89. The lowest BCUT2D eigenvalue weighted by molar-refractivity contribution is -0.383. The molecule has 5 N–H and O–H groups in total. The maximum Gasteiger partial charge on any atom is 0.300 e. The predicted octanol–water partition coefficient (Wildman–Crippen LogP) is -0.858. The van der Waals surface area contributed by atoms with Crippen LogP contribution in [-0.2, 0) is 4.74 Å². The first-order chi connectivity index (χ1) is 11.3. The minimum Gasteiger partial charge on any atom is -0.394 e. The zero-order valence-corrected chi connectivity index (χ0v) is 12.4. The maximum atomic E-state index is 11.3. The minimum absolute atomic E-state index is 0.00400. The van der Waals surface area contributed by atoms with Gasteiger partial charge in [-0.3, -0.25) is 25.4 Å². The standard InChI is InChI=1S/C12H15N5O7/c1-12(20)8(19)6(3-18)24-11(12)16-2-5(17(22)23)7-9(15-21)13-4-14-10(7)16/h2,4,6,8,11,18-21H,3H2,1H3,(H,13,14,15)/t6-,8-,11-,12?/m1/s1. The molecule has 4 atom stereocenters. The predicted molar refractivity (Wildman–Crippen MR) is 77.2 cm³/mol. The molecule has 0 aromatic carbocycles. The quantitative estimate of drug-likeness (QED) is 0.347. The third kappa shape index (κ3) is 2.20. The number of nitrogens with zero attached hydrogens (tertiary/aromatic N) is 4. The van der Waals surface area contributed by atoms with E-state index in [-0.39, 0.29) is 16.9 Å². The molecule has 0 amide bonds. The molecule has 12 nitrogen and oxygen atoms in total. The summed E-state index contributed by atoms with van der Waals surface area (Å²) in [6.45, 7) is 0.732. The second kappa shape index (κ2) is 5.61. The van der Waals surface area contributed by atoms with Gasteiger partial charge < -0.3 is 20.1 Å². The summed E-state index contributed by atoms with van der Waals surface area (Å²) in [5, 5.41) is 50.2. The molecule has 1 aliphatic rings. The van der Waals surface area contributed by atoms with E-state index >= 15 is 0 Å². The van der Waals surface area contributed by atoms with E-state index in [0.29, 0.717) is 0 Å². The average molecular weight is 341 g/mol. The van der Waals surface area contributed by atoms with Crippen LogP contribution >= 0.6 is 0 Å². The minimum atomic E-state index is -1.84. The summed E-state index contributed by atoms with van der Waals surface area (Å²) in [5.41, 5.74) is -0.509. The largest absolute Gasteiger partial charge is 0.394 e. The lowest BCUT2D eigenvalue weighted by Crippen LogP contribution is -2.44. The molecule has 0 bridgehead atoms. The molecule has 2 aromatic heterocycles. The van der Waals surface area contributed by atoms with Crippen LogP contribution in [0.3, 0.4) is 0 Å². The van der Waals surface area contributed by atoms with Crippen LogP contribution in [0.1, 0.15) is 13.2 Å². The molecule has 3 rings (SSSR count). The highest BCUT2D eigenvalue weighted by atomic mass is 16.6. The fraction of sp³-hybridized carbons (Fsp3) is 0.500. The van der Waals surface area contributed by atoms with Crippen molar-refractivity contribution >= 4 is 22.5 Å². The molecule has 130 valence electrons. The normalized spacial score (nSPS) is 30.0. The molecule has 1 aliphatic heterocycles. The van der Waals surface area contributed by atoms with Crippen molar-refractivity contribution in [3.63, 3.8) is 0 Å². The molecule has 3 heterocycles. The van der Waals surface area contributed by atoms with Gasteiger partial charge in [0, 0.05) is 0 Å². The molecule has 2 aromatic rings. The average Bonchev–Trinajstić information content (AvgIpc) is 3.04. The van der Waals surface area contributed by atoms with Gasteiger partial charge in [-0.2, -0.15) is 0 Å². The van der Waals surface area contributed by atoms with E-state index in [1.165, 1.54) is 6.92 Å². The summed E-state index contributed by atoms with van der Waals surface area (Å²) >= 11 is 0. The highest BCUT2D eigenvalue weighted by Crippen LogP contribution is 2.42. The van der Waals surface area contributed by atoms with Gasteiger partial charge >= 0.3 is 0 Å². The van der Waals surface area contributed by atoms with Gasteiger partial charge in [0.05, 0.1) is 17.7 Å². The number of aromatic nitrogens is 3. The number of nitrogens with one attached hydrogen (secondary N) is 1. The number of fused-ring (bicyclic) bond motifs is 1. The van der Waals surface area contributed by atoms with Gasteiger partial charge in [0.1, 0.15) is 29.5 Å². The molecule has 1 fully saturated rings. The van der Waals surface area contributed by atoms with Crippen LogP contribution in [0.4, 0.5) is 11.5 Å². The third-order valence-electron chi connectivity index (χ3n) is 4.08. The Hall–Kier alpha value is -2.38. The number of aliphatic hydroxyl groups is 3. The Balaban J connectivity index is 2.23. The van der Waals surface area contributed by atoms with E-state index in [9.17, 15) is 25.4 Å². The van der Waals surface area contributed by atoms with Crippen LogP contribution < -0.4 is 5.48 Å². The van der Waals surface area contributed by atoms with Gasteiger partial charge in [-0.05, 0) is 6.92 Å². The van der Waals surface area contributed by atoms with Crippen LogP contribution in [0.5, 0.6) is 0 Å². The van der Waals surface area contributed by atoms with Crippen molar-refractivity contribution in [3.8, 4) is 0 Å². The summed E-state index contributed by atoms with van der Waals surface area (Å²) in [7, 11) is 0. The van der Waals surface area contributed by atoms with Gasteiger partial charge in [-0.15, -0.1) is 0 Å². The molecule has 24 heavy (non-hydrogen) atoms. The van der Waals surface area contributed by atoms with E-state index in [1.807, 2.05) is 0 Å². The Labute approximate surface area is 134 Å². The van der Waals surface area contributed by atoms with Crippen molar-refractivity contribution in [1.82, 2.24) is 14.5 Å². The van der Waals surface area contributed by atoms with E-state index in [0.717, 1.165) is 17.1 Å². The van der Waals surface area contributed by atoms with E-state index < -0.39 is 41.3 Å². The summed E-state index contributed by atoms with van der Waals surface area (Å²) in [6.07, 6.45) is -1.61. The summed E-state index contributed by atoms with van der Waals surface area (Å²) in [5.74, 6) is -0.192. The van der Waals surface area contributed by atoms with Gasteiger partial charge in [-0.1, -0.05) is 0 Å². The molecule has 1 saturated heterocycles. The second-order valence-corrected chi connectivity index (χ2v) is 5.59. The Morgan fingerprint density at radius 2 is 2.25 bits per heavy atom. The third-order valence-corrected chi connectivity index (χ3v) is 4.08. The Kier molecular flexibility index (Phi) is 3.85. The van der Waals surface area contributed by atoms with Crippen LogP contribution in [0.15, 0.2) is 12.5 Å². The van der Waals surface area contributed by atoms with Crippen molar-refractivity contribution < 1.29 is 30.2 Å². The number of nitro groups is 1. The monoisotopic (exact) mass is 341 g/mol. The molecule has 0 saturated carbocycles. The SMILES string of the molecule is CC1(O)[C@H](O)[C@@H](CO)O[C@H]1n1cc([N+](=O)[O-])c2c(NO)ncnc21. The Morgan fingerprint density at radius 3 is 2.79 bits per heavy atom. The molecule has 0 spiro atoms. The second-order valence-electron chi connectivity index (χ2n) is 5.59. The van der Waals surface area contributed by atoms with Crippen molar-refractivity contribution in [2.45, 2.75) is 31.0 Å². The lowest BCUT2D eigenvalue weighted by Gasteiger charge is -2.27. The topological polar surface area (TPSA) is 176 Å². The smallest absolute Gasteiger partial charge is 0.300 e. The number of anilines is 1. The van der Waals surface area contributed by atoms with E-state index in [1.54, 1.807) is 5.48 Å². The molecule has 12 heteroatoms. The summed E-state index contributed by atoms with van der Waals surface area (Å²) in [6, 6.07) is 0. The summed E-state index contributed by atoms with van der Waals surface area (Å²) in [4.78, 5) is 18.2.